The van der Waals surface area contributed by atoms with E-state index in [1.165, 1.54) is 0 Å². The number of carboxylic acids is 1. The number of carbonyl (C=O) groups excluding carboxylic acids is 1. The molecule has 2 N–H and O–H groups in total. The van der Waals surface area contributed by atoms with Gasteiger partial charge in [-0.05, 0) is 88.3 Å². The summed E-state index contributed by atoms with van der Waals surface area (Å²) in [7, 11) is 0. The number of carbonyl (C=O) groups is 2. The zero-order valence-electron chi connectivity index (χ0n) is 11.9. The Morgan fingerprint density at radius 2 is 1.54 bits per heavy atom. The number of carboxylic acid groups (broad SMARTS) is 1. The number of aryl methyl sites for hydroxylation is 1. The van der Waals surface area contributed by atoms with Crippen molar-refractivity contribution in [2.24, 2.45) is 0 Å². The Morgan fingerprint density at radius 3 is 2.04 bits per heavy atom. The molecule has 0 aromatic heterocycles. The zero-order valence-corrected chi connectivity index (χ0v) is 19.0. The van der Waals surface area contributed by atoms with Crippen LogP contribution in [0.4, 0.5) is 5.69 Å². The van der Waals surface area contributed by atoms with Gasteiger partial charge in [-0.1, -0.05) is 17.7 Å². The summed E-state index contributed by atoms with van der Waals surface area (Å²) >= 11 is 19.1. The number of nitrogens with one attached hydrogen (secondary N) is 1. The van der Waals surface area contributed by atoms with Crippen molar-refractivity contribution < 1.29 is 14.7 Å². The standard InChI is InChI=1S/C15H8Br4ClNO3/c1-5-2-3-6(4-7(5)20)21-14(22)8-9(15(23)24)11(17)13(19)12(18)10(8)16/h2-4H,1H3,(H,21,22)(H,23,24). The van der Waals surface area contributed by atoms with Crippen LogP contribution in [-0.4, -0.2) is 17.0 Å². The van der Waals surface area contributed by atoms with Gasteiger partial charge >= 0.3 is 5.97 Å². The van der Waals surface area contributed by atoms with Crippen LogP contribution in [0, 0.1) is 6.92 Å². The molecule has 0 aliphatic carbocycles. The average Bonchev–Trinajstić information content (AvgIpc) is 2.51. The second-order valence-corrected chi connectivity index (χ2v) is 8.31. The minimum Gasteiger partial charge on any atom is -0.478 e. The number of amides is 1. The Balaban J connectivity index is 2.56. The van der Waals surface area contributed by atoms with Crippen LogP contribution in [-0.2, 0) is 0 Å². The molecule has 0 atom stereocenters. The van der Waals surface area contributed by atoms with E-state index in [0.29, 0.717) is 24.1 Å². The Hall–Kier alpha value is -0.410. The van der Waals surface area contributed by atoms with Crippen LogP contribution in [0.25, 0.3) is 0 Å². The largest absolute Gasteiger partial charge is 0.478 e. The van der Waals surface area contributed by atoms with E-state index in [0.717, 1.165) is 5.56 Å². The Kier molecular flexibility index (Phi) is 6.52. The highest BCUT2D eigenvalue weighted by atomic mass is 79.9. The van der Waals surface area contributed by atoms with Crippen molar-refractivity contribution in [3.05, 3.63) is 57.8 Å². The number of benzene rings is 2. The van der Waals surface area contributed by atoms with Gasteiger partial charge in [0, 0.05) is 28.6 Å². The molecular weight excluding hydrogens is 597 g/mol. The molecule has 0 bridgehead atoms. The van der Waals surface area contributed by atoms with Crippen LogP contribution in [0.15, 0.2) is 36.1 Å². The highest BCUT2D eigenvalue weighted by Gasteiger charge is 2.27. The molecule has 0 heterocycles. The van der Waals surface area contributed by atoms with Crippen molar-refractivity contribution in [1.29, 1.82) is 0 Å². The molecule has 0 saturated heterocycles. The number of hydrogen-bond acceptors (Lipinski definition) is 2. The maximum absolute atomic E-state index is 12.7. The van der Waals surface area contributed by atoms with Crippen LogP contribution in [0.2, 0.25) is 5.02 Å². The van der Waals surface area contributed by atoms with Gasteiger partial charge in [-0.3, -0.25) is 4.79 Å². The summed E-state index contributed by atoms with van der Waals surface area (Å²) in [6, 6.07) is 5.06. The molecule has 4 nitrogen and oxygen atoms in total. The minimum absolute atomic E-state index is 0.0128. The Bertz CT molecular complexity index is 871. The van der Waals surface area contributed by atoms with Gasteiger partial charge in [0.05, 0.1) is 11.1 Å². The molecular formula is C15H8Br4ClNO3. The number of aromatic carboxylic acids is 1. The lowest BCUT2D eigenvalue weighted by molar-refractivity contribution is 0.0691. The molecule has 9 heteroatoms. The van der Waals surface area contributed by atoms with E-state index in [9.17, 15) is 14.7 Å². The molecule has 0 spiro atoms. The fraction of sp³-hybridized carbons (Fsp3) is 0.0667. The van der Waals surface area contributed by atoms with Gasteiger partial charge in [-0.2, -0.15) is 0 Å². The normalized spacial score (nSPS) is 10.6. The van der Waals surface area contributed by atoms with Crippen LogP contribution in [0.1, 0.15) is 26.3 Å². The maximum atomic E-state index is 12.7. The van der Waals surface area contributed by atoms with Crippen molar-refractivity contribution in [2.75, 3.05) is 5.32 Å². The molecule has 0 unspecified atom stereocenters. The summed E-state index contributed by atoms with van der Waals surface area (Å²) in [6.45, 7) is 1.84. The number of hydrogen-bond donors (Lipinski definition) is 2. The van der Waals surface area contributed by atoms with Crippen molar-refractivity contribution in [3.8, 4) is 0 Å². The van der Waals surface area contributed by atoms with Crippen molar-refractivity contribution in [1.82, 2.24) is 0 Å². The molecule has 0 saturated carbocycles. The molecule has 2 aromatic rings. The lowest BCUT2D eigenvalue weighted by atomic mass is 10.1. The smallest absolute Gasteiger partial charge is 0.337 e. The Morgan fingerprint density at radius 1 is 1.00 bits per heavy atom. The molecule has 0 fully saturated rings. The van der Waals surface area contributed by atoms with Gasteiger partial charge in [0.1, 0.15) is 0 Å². The van der Waals surface area contributed by atoms with Gasteiger partial charge in [0.15, 0.2) is 0 Å². The lowest BCUT2D eigenvalue weighted by Gasteiger charge is -2.15. The number of halogens is 5. The first kappa shape index (κ1) is 19.9. The summed E-state index contributed by atoms with van der Waals surface area (Å²) in [4.78, 5) is 24.3. The highest BCUT2D eigenvalue weighted by Crippen LogP contribution is 2.42. The third-order valence-corrected chi connectivity index (χ3v) is 8.31. The molecule has 1 amide bonds. The fourth-order valence-electron chi connectivity index (χ4n) is 1.91. The van der Waals surface area contributed by atoms with Gasteiger partial charge < -0.3 is 10.4 Å². The van der Waals surface area contributed by atoms with Gasteiger partial charge in [0.25, 0.3) is 5.91 Å². The number of anilines is 1. The molecule has 126 valence electrons. The van der Waals surface area contributed by atoms with E-state index >= 15 is 0 Å². The van der Waals surface area contributed by atoms with Crippen molar-refractivity contribution in [2.45, 2.75) is 6.92 Å². The first-order chi connectivity index (χ1) is 11.1. The Labute approximate surface area is 176 Å². The second kappa shape index (κ2) is 7.86. The zero-order chi connectivity index (χ0) is 18.2. The van der Waals surface area contributed by atoms with Crippen LogP contribution in [0.5, 0.6) is 0 Å². The average molecular weight is 605 g/mol. The molecule has 24 heavy (non-hydrogen) atoms. The molecule has 0 aliphatic rings. The quantitative estimate of drug-likeness (QED) is 0.305. The predicted octanol–water partition coefficient (Wildman–Crippen LogP) is 6.65. The molecule has 2 aromatic carbocycles. The van der Waals surface area contributed by atoms with Gasteiger partial charge in [0.2, 0.25) is 0 Å². The fourth-order valence-corrected chi connectivity index (χ4v) is 4.56. The highest BCUT2D eigenvalue weighted by molar-refractivity contribution is 9.15. The SMILES string of the molecule is Cc1ccc(NC(=O)c2c(Br)c(Br)c(Br)c(Br)c2C(=O)O)cc1Cl. The van der Waals surface area contributed by atoms with E-state index < -0.39 is 11.9 Å². The minimum atomic E-state index is -1.23. The second-order valence-electron chi connectivity index (χ2n) is 4.73. The third-order valence-electron chi connectivity index (χ3n) is 3.14. The lowest BCUT2D eigenvalue weighted by Crippen LogP contribution is -2.18. The summed E-state index contributed by atoms with van der Waals surface area (Å²) in [6.07, 6.45) is 0. The van der Waals surface area contributed by atoms with E-state index in [2.05, 4.69) is 69.0 Å². The maximum Gasteiger partial charge on any atom is 0.337 e. The van der Waals surface area contributed by atoms with Crippen LogP contribution in [0.3, 0.4) is 0 Å². The van der Waals surface area contributed by atoms with Crippen molar-refractivity contribution in [3.63, 3.8) is 0 Å². The predicted molar refractivity (Wildman–Crippen MR) is 108 cm³/mol. The first-order valence-corrected chi connectivity index (χ1v) is 9.86. The summed E-state index contributed by atoms with van der Waals surface area (Å²) in [5, 5.41) is 12.7. The van der Waals surface area contributed by atoms with Crippen molar-refractivity contribution >= 4 is 92.9 Å². The monoisotopic (exact) mass is 601 g/mol. The van der Waals surface area contributed by atoms with Gasteiger partial charge in [-0.25, -0.2) is 4.79 Å². The summed E-state index contributed by atoms with van der Waals surface area (Å²) in [5.41, 5.74) is 1.17. The first-order valence-electron chi connectivity index (χ1n) is 6.31. The molecule has 0 aliphatic heterocycles. The summed E-state index contributed by atoms with van der Waals surface area (Å²) in [5.74, 6) is -1.81. The van der Waals surface area contributed by atoms with E-state index in [-0.39, 0.29) is 15.6 Å². The number of rotatable bonds is 3. The topological polar surface area (TPSA) is 66.4 Å². The molecule has 0 radical (unpaired) electrons. The molecule has 2 rings (SSSR count). The third kappa shape index (κ3) is 3.88. The van der Waals surface area contributed by atoms with E-state index in [4.69, 9.17) is 11.6 Å². The van der Waals surface area contributed by atoms with Crippen LogP contribution >= 0.6 is 75.3 Å². The van der Waals surface area contributed by atoms with Gasteiger partial charge in [-0.15, -0.1) is 0 Å². The summed E-state index contributed by atoms with van der Waals surface area (Å²) < 4.78 is 1.59. The van der Waals surface area contributed by atoms with Crippen LogP contribution < -0.4 is 5.32 Å². The van der Waals surface area contributed by atoms with E-state index in [1.807, 2.05) is 6.92 Å². The van der Waals surface area contributed by atoms with E-state index in [1.54, 1.807) is 18.2 Å².